The van der Waals surface area contributed by atoms with E-state index in [0.29, 0.717) is 0 Å². The fourth-order valence-electron chi connectivity index (χ4n) is 1.13. The molecule has 1 rings (SSSR count). The van der Waals surface area contributed by atoms with Crippen molar-refractivity contribution in [2.24, 2.45) is 12.5 Å². The van der Waals surface area contributed by atoms with Crippen molar-refractivity contribution in [3.05, 3.63) is 12.0 Å². The van der Waals surface area contributed by atoms with E-state index >= 15 is 0 Å². The van der Waals surface area contributed by atoms with Crippen LogP contribution in [0.3, 0.4) is 0 Å². The molecule has 68 valence electrons. The molecule has 1 aromatic rings. The van der Waals surface area contributed by atoms with Crippen molar-refractivity contribution in [2.45, 2.75) is 27.2 Å². The molecule has 0 aromatic carbocycles. The smallest absolute Gasteiger partial charge is 0.229 e. The number of hydrogen-bond donors (Lipinski definition) is 1. The summed E-state index contributed by atoms with van der Waals surface area (Å²) in [4.78, 5) is 4.01. The maximum atomic E-state index is 9.10. The molecule has 1 aromatic heterocycles. The van der Waals surface area contributed by atoms with Gasteiger partial charge in [0.05, 0.1) is 6.20 Å². The van der Waals surface area contributed by atoms with Crippen LogP contribution in [0.15, 0.2) is 6.20 Å². The van der Waals surface area contributed by atoms with Gasteiger partial charge in [-0.25, -0.2) is 0 Å². The predicted molar refractivity (Wildman–Crippen MR) is 48.0 cm³/mol. The van der Waals surface area contributed by atoms with Crippen LogP contribution in [-0.2, 0) is 13.5 Å². The van der Waals surface area contributed by atoms with Crippen molar-refractivity contribution < 1.29 is 5.11 Å². The number of hydrogen-bond acceptors (Lipinski definition) is 2. The minimum absolute atomic E-state index is 0.108. The summed E-state index contributed by atoms with van der Waals surface area (Å²) in [5, 5.41) is 9.10. The standard InChI is InChI=1S/C9H16N2O/c1-9(2,3)5-7-10-8(12)6-11(7)4/h6,12H,5H2,1-4H3. The Balaban J connectivity index is 2.82. The molecule has 0 saturated carbocycles. The highest BCUT2D eigenvalue weighted by Crippen LogP contribution is 2.20. The zero-order valence-electron chi connectivity index (χ0n) is 8.13. The maximum absolute atomic E-state index is 9.10. The van der Waals surface area contributed by atoms with Crippen LogP contribution >= 0.6 is 0 Å². The Morgan fingerprint density at radius 2 is 2.08 bits per heavy atom. The first-order chi connectivity index (χ1) is 5.38. The van der Waals surface area contributed by atoms with E-state index in [1.165, 1.54) is 0 Å². The average molecular weight is 168 g/mol. The molecule has 0 aliphatic carbocycles. The summed E-state index contributed by atoms with van der Waals surface area (Å²) in [6, 6.07) is 0. The molecule has 0 radical (unpaired) electrons. The first-order valence-corrected chi connectivity index (χ1v) is 4.10. The molecule has 3 heteroatoms. The van der Waals surface area contributed by atoms with Crippen molar-refractivity contribution in [2.75, 3.05) is 0 Å². The lowest BCUT2D eigenvalue weighted by Gasteiger charge is -2.16. The van der Waals surface area contributed by atoms with Gasteiger partial charge in [-0.2, -0.15) is 4.98 Å². The van der Waals surface area contributed by atoms with Gasteiger partial charge in [0.2, 0.25) is 5.88 Å². The molecule has 0 amide bonds. The van der Waals surface area contributed by atoms with E-state index in [9.17, 15) is 0 Å². The molecule has 0 atom stereocenters. The van der Waals surface area contributed by atoms with E-state index in [0.717, 1.165) is 12.2 Å². The quantitative estimate of drug-likeness (QED) is 0.693. The Bertz CT molecular complexity index is 271. The van der Waals surface area contributed by atoms with Gasteiger partial charge in [-0.05, 0) is 5.41 Å². The van der Waals surface area contributed by atoms with Crippen LogP contribution in [0.25, 0.3) is 0 Å². The fourth-order valence-corrected chi connectivity index (χ4v) is 1.13. The third-order valence-corrected chi connectivity index (χ3v) is 1.65. The maximum Gasteiger partial charge on any atom is 0.229 e. The summed E-state index contributed by atoms with van der Waals surface area (Å²) in [5.74, 6) is 1.04. The highest BCUT2D eigenvalue weighted by Gasteiger charge is 2.15. The summed E-state index contributed by atoms with van der Waals surface area (Å²) in [5.41, 5.74) is 0.214. The van der Waals surface area contributed by atoms with Gasteiger partial charge in [0.15, 0.2) is 0 Å². The Hall–Kier alpha value is -0.990. The van der Waals surface area contributed by atoms with Crippen molar-refractivity contribution in [1.82, 2.24) is 9.55 Å². The summed E-state index contributed by atoms with van der Waals surface area (Å²) in [7, 11) is 1.90. The number of aryl methyl sites for hydroxylation is 1. The van der Waals surface area contributed by atoms with Gasteiger partial charge < -0.3 is 9.67 Å². The Labute approximate surface area is 73.1 Å². The predicted octanol–water partition coefficient (Wildman–Crippen LogP) is 1.71. The molecule has 12 heavy (non-hydrogen) atoms. The topological polar surface area (TPSA) is 38.0 Å². The number of aromatic hydroxyl groups is 1. The summed E-state index contributed by atoms with van der Waals surface area (Å²) in [6.45, 7) is 6.45. The summed E-state index contributed by atoms with van der Waals surface area (Å²) < 4.78 is 1.86. The van der Waals surface area contributed by atoms with E-state index in [1.54, 1.807) is 6.20 Å². The van der Waals surface area contributed by atoms with Gasteiger partial charge in [-0.1, -0.05) is 20.8 Å². The Morgan fingerprint density at radius 3 is 2.42 bits per heavy atom. The van der Waals surface area contributed by atoms with Crippen LogP contribution in [-0.4, -0.2) is 14.7 Å². The van der Waals surface area contributed by atoms with Crippen LogP contribution in [0.1, 0.15) is 26.6 Å². The van der Waals surface area contributed by atoms with E-state index in [-0.39, 0.29) is 11.3 Å². The lowest BCUT2D eigenvalue weighted by Crippen LogP contribution is -2.12. The van der Waals surface area contributed by atoms with Crippen molar-refractivity contribution in [3.8, 4) is 5.88 Å². The van der Waals surface area contributed by atoms with Crippen molar-refractivity contribution >= 4 is 0 Å². The molecular weight excluding hydrogens is 152 g/mol. The van der Waals surface area contributed by atoms with Gasteiger partial charge in [0.25, 0.3) is 0 Å². The van der Waals surface area contributed by atoms with E-state index in [2.05, 4.69) is 25.8 Å². The highest BCUT2D eigenvalue weighted by molar-refractivity contribution is 5.08. The van der Waals surface area contributed by atoms with Crippen LogP contribution in [0.2, 0.25) is 0 Å². The number of aromatic nitrogens is 2. The second-order valence-corrected chi connectivity index (χ2v) is 4.36. The molecule has 3 nitrogen and oxygen atoms in total. The normalized spacial score (nSPS) is 12.0. The fraction of sp³-hybridized carbons (Fsp3) is 0.667. The number of rotatable bonds is 1. The molecule has 0 unspecified atom stereocenters. The minimum atomic E-state index is 0.108. The van der Waals surface area contributed by atoms with Gasteiger partial charge in [0, 0.05) is 13.5 Å². The van der Waals surface area contributed by atoms with Gasteiger partial charge >= 0.3 is 0 Å². The lowest BCUT2D eigenvalue weighted by molar-refractivity contribution is 0.393. The SMILES string of the molecule is Cn1cc(O)nc1CC(C)(C)C. The first kappa shape index (κ1) is 9.10. The molecule has 0 fully saturated rings. The summed E-state index contributed by atoms with van der Waals surface area (Å²) >= 11 is 0. The second-order valence-electron chi connectivity index (χ2n) is 4.36. The third-order valence-electron chi connectivity index (χ3n) is 1.65. The van der Waals surface area contributed by atoms with Gasteiger partial charge in [-0.3, -0.25) is 0 Å². The number of imidazole rings is 1. The third kappa shape index (κ3) is 2.26. The van der Waals surface area contributed by atoms with Gasteiger partial charge in [0.1, 0.15) is 5.82 Å². The molecule has 0 bridgehead atoms. The second kappa shape index (κ2) is 2.81. The zero-order chi connectivity index (χ0) is 9.35. The number of nitrogens with zero attached hydrogens (tertiary/aromatic N) is 2. The largest absolute Gasteiger partial charge is 0.492 e. The molecule has 0 saturated heterocycles. The average Bonchev–Trinajstić information content (AvgIpc) is 2.06. The Morgan fingerprint density at radius 1 is 1.50 bits per heavy atom. The molecule has 0 aliphatic heterocycles. The molecule has 0 spiro atoms. The van der Waals surface area contributed by atoms with Crippen molar-refractivity contribution in [3.63, 3.8) is 0 Å². The summed E-state index contributed by atoms with van der Waals surface area (Å²) in [6.07, 6.45) is 2.51. The van der Waals surface area contributed by atoms with E-state index < -0.39 is 0 Å². The first-order valence-electron chi connectivity index (χ1n) is 4.10. The van der Waals surface area contributed by atoms with Crippen LogP contribution in [0.4, 0.5) is 0 Å². The van der Waals surface area contributed by atoms with Crippen LogP contribution < -0.4 is 0 Å². The van der Waals surface area contributed by atoms with Crippen LogP contribution in [0.5, 0.6) is 5.88 Å². The molecular formula is C9H16N2O. The lowest BCUT2D eigenvalue weighted by atomic mass is 9.92. The van der Waals surface area contributed by atoms with Gasteiger partial charge in [-0.15, -0.1) is 0 Å². The van der Waals surface area contributed by atoms with E-state index in [1.807, 2.05) is 11.6 Å². The molecule has 0 aliphatic rings. The zero-order valence-corrected chi connectivity index (χ0v) is 8.13. The Kier molecular flexibility index (Phi) is 2.13. The van der Waals surface area contributed by atoms with E-state index in [4.69, 9.17) is 5.11 Å². The monoisotopic (exact) mass is 168 g/mol. The van der Waals surface area contributed by atoms with Crippen molar-refractivity contribution in [1.29, 1.82) is 0 Å². The molecule has 1 N–H and O–H groups in total. The minimum Gasteiger partial charge on any atom is -0.492 e. The highest BCUT2D eigenvalue weighted by atomic mass is 16.3. The van der Waals surface area contributed by atoms with Crippen LogP contribution in [0, 0.1) is 5.41 Å². The molecule has 1 heterocycles.